The Balaban J connectivity index is 1.34. The van der Waals surface area contributed by atoms with Crippen molar-refractivity contribution in [2.75, 3.05) is 19.6 Å². The molecule has 2 aliphatic carbocycles. The topological polar surface area (TPSA) is 61.4 Å². The predicted octanol–water partition coefficient (Wildman–Crippen LogP) is 1.43. The molecule has 2 saturated carbocycles. The minimum absolute atomic E-state index is 0.159. The van der Waals surface area contributed by atoms with Gasteiger partial charge in [0.05, 0.1) is 6.54 Å². The molecular formula is C17H29N3O2. The zero-order valence-electron chi connectivity index (χ0n) is 13.5. The quantitative estimate of drug-likeness (QED) is 0.807. The van der Waals surface area contributed by atoms with Crippen LogP contribution in [0.4, 0.5) is 0 Å². The van der Waals surface area contributed by atoms with E-state index in [1.54, 1.807) is 0 Å². The van der Waals surface area contributed by atoms with Gasteiger partial charge in [-0.05, 0) is 38.5 Å². The number of nitrogens with zero attached hydrogens (tertiary/aromatic N) is 1. The van der Waals surface area contributed by atoms with E-state index in [4.69, 9.17) is 0 Å². The third kappa shape index (κ3) is 4.70. The first-order valence-corrected chi connectivity index (χ1v) is 9.03. The molecule has 1 aliphatic heterocycles. The van der Waals surface area contributed by atoms with Crippen molar-refractivity contribution in [1.82, 2.24) is 15.5 Å². The van der Waals surface area contributed by atoms with Gasteiger partial charge in [0.1, 0.15) is 0 Å². The number of carbonyl (C=O) groups excluding carboxylic acids is 2. The third-order valence-corrected chi connectivity index (χ3v) is 5.22. The van der Waals surface area contributed by atoms with Gasteiger partial charge in [-0.25, -0.2) is 0 Å². The van der Waals surface area contributed by atoms with Crippen LogP contribution in [0.5, 0.6) is 0 Å². The van der Waals surface area contributed by atoms with Gasteiger partial charge in [-0.15, -0.1) is 0 Å². The van der Waals surface area contributed by atoms with E-state index in [0.29, 0.717) is 18.6 Å². The number of hydrogen-bond acceptors (Lipinski definition) is 3. The van der Waals surface area contributed by atoms with Crippen molar-refractivity contribution in [1.29, 1.82) is 0 Å². The molecule has 0 aromatic rings. The summed E-state index contributed by atoms with van der Waals surface area (Å²) >= 11 is 0. The molecule has 3 aliphatic rings. The van der Waals surface area contributed by atoms with Crippen LogP contribution in [-0.2, 0) is 9.59 Å². The number of nitrogens with one attached hydrogen (secondary N) is 2. The van der Waals surface area contributed by atoms with Crippen LogP contribution >= 0.6 is 0 Å². The van der Waals surface area contributed by atoms with Gasteiger partial charge in [0, 0.05) is 31.1 Å². The monoisotopic (exact) mass is 307 g/mol. The van der Waals surface area contributed by atoms with Gasteiger partial charge in [0.2, 0.25) is 11.8 Å². The molecule has 0 spiro atoms. The number of hydrogen-bond donors (Lipinski definition) is 2. The Morgan fingerprint density at radius 2 is 1.45 bits per heavy atom. The molecule has 0 aromatic heterocycles. The van der Waals surface area contributed by atoms with Gasteiger partial charge < -0.3 is 10.6 Å². The van der Waals surface area contributed by atoms with Gasteiger partial charge in [-0.1, -0.05) is 19.3 Å². The second-order valence-corrected chi connectivity index (χ2v) is 7.24. The minimum atomic E-state index is 0.159. The fraction of sp³-hybridized carbons (Fsp3) is 0.882. The highest BCUT2D eigenvalue weighted by atomic mass is 16.2. The van der Waals surface area contributed by atoms with E-state index in [1.165, 1.54) is 19.3 Å². The van der Waals surface area contributed by atoms with Crippen LogP contribution in [0.3, 0.4) is 0 Å². The average molecular weight is 307 g/mol. The van der Waals surface area contributed by atoms with Gasteiger partial charge >= 0.3 is 0 Å². The fourth-order valence-corrected chi connectivity index (χ4v) is 3.62. The number of piperidine rings is 1. The summed E-state index contributed by atoms with van der Waals surface area (Å²) in [5, 5.41) is 6.28. The van der Waals surface area contributed by atoms with Crippen molar-refractivity contribution >= 4 is 11.8 Å². The normalized spacial score (nSPS) is 24.9. The Morgan fingerprint density at radius 1 is 0.818 bits per heavy atom. The van der Waals surface area contributed by atoms with Crippen LogP contribution in [0.25, 0.3) is 0 Å². The smallest absolute Gasteiger partial charge is 0.234 e. The Labute approximate surface area is 133 Å². The van der Waals surface area contributed by atoms with Crippen molar-refractivity contribution in [3.63, 3.8) is 0 Å². The molecule has 5 heteroatoms. The summed E-state index contributed by atoms with van der Waals surface area (Å²) in [5.41, 5.74) is 0. The summed E-state index contributed by atoms with van der Waals surface area (Å²) in [4.78, 5) is 26.3. The molecule has 0 aromatic carbocycles. The molecule has 2 N–H and O–H groups in total. The lowest BCUT2D eigenvalue weighted by atomic mass is 9.88. The van der Waals surface area contributed by atoms with E-state index in [2.05, 4.69) is 15.5 Å². The summed E-state index contributed by atoms with van der Waals surface area (Å²) in [7, 11) is 0. The van der Waals surface area contributed by atoms with E-state index >= 15 is 0 Å². The lowest BCUT2D eigenvalue weighted by Gasteiger charge is -2.33. The molecular weight excluding hydrogens is 278 g/mol. The van der Waals surface area contributed by atoms with Crippen LogP contribution in [-0.4, -0.2) is 48.4 Å². The van der Waals surface area contributed by atoms with Crippen LogP contribution in [0.15, 0.2) is 0 Å². The molecule has 124 valence electrons. The molecule has 3 rings (SSSR count). The van der Waals surface area contributed by atoms with Crippen molar-refractivity contribution < 1.29 is 9.59 Å². The summed E-state index contributed by atoms with van der Waals surface area (Å²) in [5.74, 6) is 0.674. The number of carbonyl (C=O) groups is 2. The summed E-state index contributed by atoms with van der Waals surface area (Å²) in [6.07, 6.45) is 10.0. The SMILES string of the molecule is O=C(CN1CCC(NC(=O)C2CCCCC2)CC1)NC1CC1. The number of amides is 2. The predicted molar refractivity (Wildman–Crippen MR) is 85.3 cm³/mol. The maximum absolute atomic E-state index is 12.3. The lowest BCUT2D eigenvalue weighted by Crippen LogP contribution is -2.48. The Bertz CT molecular complexity index is 395. The first-order chi connectivity index (χ1) is 10.7. The summed E-state index contributed by atoms with van der Waals surface area (Å²) < 4.78 is 0. The number of likely N-dealkylation sites (tertiary alicyclic amines) is 1. The standard InChI is InChI=1S/C17H29N3O2/c21-16(18-14-6-7-14)12-20-10-8-15(9-11-20)19-17(22)13-4-2-1-3-5-13/h13-15H,1-12H2,(H,18,21)(H,19,22). The van der Waals surface area contributed by atoms with E-state index in [1.807, 2.05) is 0 Å². The fourth-order valence-electron chi connectivity index (χ4n) is 3.62. The van der Waals surface area contributed by atoms with E-state index in [-0.39, 0.29) is 17.7 Å². The third-order valence-electron chi connectivity index (χ3n) is 5.22. The van der Waals surface area contributed by atoms with Gasteiger partial charge in [0.15, 0.2) is 0 Å². The van der Waals surface area contributed by atoms with E-state index < -0.39 is 0 Å². The zero-order valence-corrected chi connectivity index (χ0v) is 13.5. The van der Waals surface area contributed by atoms with Crippen LogP contribution in [0.1, 0.15) is 57.8 Å². The average Bonchev–Trinajstić information content (AvgIpc) is 3.34. The van der Waals surface area contributed by atoms with Gasteiger partial charge in [-0.2, -0.15) is 0 Å². The largest absolute Gasteiger partial charge is 0.353 e. The van der Waals surface area contributed by atoms with Crippen molar-refractivity contribution in [3.8, 4) is 0 Å². The second-order valence-electron chi connectivity index (χ2n) is 7.24. The Hall–Kier alpha value is -1.10. The lowest BCUT2D eigenvalue weighted by molar-refractivity contribution is -0.127. The molecule has 0 bridgehead atoms. The number of rotatable bonds is 5. The first-order valence-electron chi connectivity index (χ1n) is 9.03. The molecule has 0 radical (unpaired) electrons. The zero-order chi connectivity index (χ0) is 15.4. The molecule has 1 heterocycles. The molecule has 3 fully saturated rings. The van der Waals surface area contributed by atoms with Crippen molar-refractivity contribution in [2.45, 2.75) is 69.9 Å². The Kier molecular flexibility index (Phi) is 5.34. The van der Waals surface area contributed by atoms with Crippen LogP contribution in [0.2, 0.25) is 0 Å². The molecule has 0 unspecified atom stereocenters. The highest BCUT2D eigenvalue weighted by molar-refractivity contribution is 5.79. The molecule has 1 saturated heterocycles. The highest BCUT2D eigenvalue weighted by Crippen LogP contribution is 2.24. The van der Waals surface area contributed by atoms with Crippen LogP contribution in [0, 0.1) is 5.92 Å². The van der Waals surface area contributed by atoms with Gasteiger partial charge in [-0.3, -0.25) is 14.5 Å². The minimum Gasteiger partial charge on any atom is -0.353 e. The maximum Gasteiger partial charge on any atom is 0.234 e. The Morgan fingerprint density at radius 3 is 2.09 bits per heavy atom. The summed E-state index contributed by atoms with van der Waals surface area (Å²) in [6, 6.07) is 0.747. The molecule has 22 heavy (non-hydrogen) atoms. The van der Waals surface area contributed by atoms with E-state index in [0.717, 1.165) is 51.6 Å². The summed E-state index contributed by atoms with van der Waals surface area (Å²) in [6.45, 7) is 2.33. The molecule has 2 amide bonds. The second kappa shape index (κ2) is 7.44. The van der Waals surface area contributed by atoms with Crippen molar-refractivity contribution in [3.05, 3.63) is 0 Å². The van der Waals surface area contributed by atoms with Crippen molar-refractivity contribution in [2.24, 2.45) is 5.92 Å². The maximum atomic E-state index is 12.3. The van der Waals surface area contributed by atoms with E-state index in [9.17, 15) is 9.59 Å². The van der Waals surface area contributed by atoms with Gasteiger partial charge in [0.25, 0.3) is 0 Å². The molecule has 0 atom stereocenters. The molecule has 5 nitrogen and oxygen atoms in total. The highest BCUT2D eigenvalue weighted by Gasteiger charge is 2.27. The first kappa shape index (κ1) is 15.8. The van der Waals surface area contributed by atoms with Crippen LogP contribution < -0.4 is 10.6 Å².